The van der Waals surface area contributed by atoms with Crippen LogP contribution >= 0.6 is 0 Å². The molecule has 1 heterocycles. The number of carbonyl (C=O) groups is 1. The molecule has 1 N–H and O–H groups in total. The number of nitrogens with one attached hydrogen (secondary N) is 1. The molecule has 0 radical (unpaired) electrons. The van der Waals surface area contributed by atoms with E-state index in [2.05, 4.69) is 11.4 Å². The van der Waals surface area contributed by atoms with E-state index in [0.29, 0.717) is 19.5 Å². The van der Waals surface area contributed by atoms with Crippen molar-refractivity contribution >= 4 is 5.91 Å². The number of ether oxygens (including phenoxy) is 1. The molecular weight excluding hydrogens is 242 g/mol. The van der Waals surface area contributed by atoms with E-state index in [9.17, 15) is 4.79 Å². The van der Waals surface area contributed by atoms with E-state index in [1.807, 2.05) is 24.3 Å². The summed E-state index contributed by atoms with van der Waals surface area (Å²) >= 11 is 0. The van der Waals surface area contributed by atoms with E-state index < -0.39 is 0 Å². The lowest BCUT2D eigenvalue weighted by Gasteiger charge is -2.32. The van der Waals surface area contributed by atoms with Gasteiger partial charge in [0.05, 0.1) is 19.6 Å². The highest BCUT2D eigenvalue weighted by molar-refractivity contribution is 5.79. The second-order valence-corrected chi connectivity index (χ2v) is 4.46. The predicted octanol–water partition coefficient (Wildman–Crippen LogP) is 0.562. The third-order valence-corrected chi connectivity index (χ3v) is 3.23. The number of piperazine rings is 1. The Morgan fingerprint density at radius 3 is 2.89 bits per heavy atom. The molecule has 1 amide bonds. The Kier molecular flexibility index (Phi) is 4.37. The van der Waals surface area contributed by atoms with Gasteiger partial charge in [-0.3, -0.25) is 4.79 Å². The van der Waals surface area contributed by atoms with Gasteiger partial charge in [-0.15, -0.1) is 0 Å². The number of hydrogen-bond acceptors (Lipinski definition) is 4. The molecule has 1 saturated heterocycles. The van der Waals surface area contributed by atoms with Gasteiger partial charge in [-0.2, -0.15) is 5.26 Å². The van der Waals surface area contributed by atoms with Gasteiger partial charge in [-0.1, -0.05) is 12.1 Å². The van der Waals surface area contributed by atoms with Crippen LogP contribution in [-0.4, -0.2) is 43.6 Å². The Balaban J connectivity index is 2.01. The highest BCUT2D eigenvalue weighted by Crippen LogP contribution is 2.13. The second-order valence-electron chi connectivity index (χ2n) is 4.46. The first-order valence-electron chi connectivity index (χ1n) is 6.27. The molecule has 1 aliphatic heterocycles. The molecule has 2 rings (SSSR count). The zero-order valence-corrected chi connectivity index (χ0v) is 10.9. The standard InChI is InChI=1S/C14H17N3O2/c1-19-13-4-2-11(3-5-13)8-14(18)17-7-6-16-10-12(17)9-15/h2-5,12,16H,6-8,10H2,1H3. The number of rotatable bonds is 3. The number of methoxy groups -OCH3 is 1. The Labute approximate surface area is 112 Å². The van der Waals surface area contributed by atoms with Crippen molar-refractivity contribution in [2.45, 2.75) is 12.5 Å². The van der Waals surface area contributed by atoms with Crippen LogP contribution in [0.4, 0.5) is 0 Å². The lowest BCUT2D eigenvalue weighted by atomic mass is 10.1. The molecule has 100 valence electrons. The van der Waals surface area contributed by atoms with Crippen LogP contribution in [0.5, 0.6) is 5.75 Å². The lowest BCUT2D eigenvalue weighted by molar-refractivity contribution is -0.132. The maximum absolute atomic E-state index is 12.2. The summed E-state index contributed by atoms with van der Waals surface area (Å²) < 4.78 is 5.08. The topological polar surface area (TPSA) is 65.4 Å². The van der Waals surface area contributed by atoms with Crippen molar-refractivity contribution < 1.29 is 9.53 Å². The molecule has 1 unspecified atom stereocenters. The van der Waals surface area contributed by atoms with Gasteiger partial charge in [-0.05, 0) is 17.7 Å². The normalized spacial score (nSPS) is 18.7. The Hall–Kier alpha value is -2.06. The van der Waals surface area contributed by atoms with Crippen molar-refractivity contribution in [2.24, 2.45) is 0 Å². The van der Waals surface area contributed by atoms with Crippen molar-refractivity contribution in [3.8, 4) is 11.8 Å². The van der Waals surface area contributed by atoms with E-state index in [0.717, 1.165) is 17.9 Å². The van der Waals surface area contributed by atoms with Crippen LogP contribution in [0.15, 0.2) is 24.3 Å². The fourth-order valence-corrected chi connectivity index (χ4v) is 2.14. The Bertz CT molecular complexity index is 478. The fourth-order valence-electron chi connectivity index (χ4n) is 2.14. The first-order chi connectivity index (χ1) is 9.24. The van der Waals surface area contributed by atoms with Crippen LogP contribution < -0.4 is 10.1 Å². The molecule has 1 aromatic rings. The monoisotopic (exact) mass is 259 g/mol. The quantitative estimate of drug-likeness (QED) is 0.861. The number of hydrogen-bond donors (Lipinski definition) is 1. The zero-order chi connectivity index (χ0) is 13.7. The molecule has 0 bridgehead atoms. The van der Waals surface area contributed by atoms with Gasteiger partial charge in [-0.25, -0.2) is 0 Å². The SMILES string of the molecule is COc1ccc(CC(=O)N2CCNCC2C#N)cc1. The van der Waals surface area contributed by atoms with Gasteiger partial charge in [0, 0.05) is 19.6 Å². The van der Waals surface area contributed by atoms with E-state index in [1.165, 1.54) is 0 Å². The molecule has 5 nitrogen and oxygen atoms in total. The third-order valence-electron chi connectivity index (χ3n) is 3.23. The summed E-state index contributed by atoms with van der Waals surface area (Å²) in [6.07, 6.45) is 0.322. The number of benzene rings is 1. The smallest absolute Gasteiger partial charge is 0.228 e. The molecule has 0 saturated carbocycles. The molecule has 0 aromatic heterocycles. The van der Waals surface area contributed by atoms with Gasteiger partial charge in [0.15, 0.2) is 0 Å². The molecule has 19 heavy (non-hydrogen) atoms. The summed E-state index contributed by atoms with van der Waals surface area (Å²) in [6, 6.07) is 9.22. The van der Waals surface area contributed by atoms with E-state index in [1.54, 1.807) is 12.0 Å². The highest BCUT2D eigenvalue weighted by atomic mass is 16.5. The molecule has 1 fully saturated rings. The minimum Gasteiger partial charge on any atom is -0.497 e. The number of amides is 1. The first kappa shape index (κ1) is 13.4. The van der Waals surface area contributed by atoms with Crippen LogP contribution in [0.2, 0.25) is 0 Å². The largest absolute Gasteiger partial charge is 0.497 e. The van der Waals surface area contributed by atoms with E-state index in [-0.39, 0.29) is 11.9 Å². The number of nitrogens with zero attached hydrogens (tertiary/aromatic N) is 2. The number of nitriles is 1. The van der Waals surface area contributed by atoms with Gasteiger partial charge in [0.25, 0.3) is 0 Å². The second kappa shape index (κ2) is 6.21. The fraction of sp³-hybridized carbons (Fsp3) is 0.429. The first-order valence-corrected chi connectivity index (χ1v) is 6.27. The van der Waals surface area contributed by atoms with Crippen molar-refractivity contribution in [1.82, 2.24) is 10.2 Å². The van der Waals surface area contributed by atoms with Crippen molar-refractivity contribution in [2.75, 3.05) is 26.7 Å². The minimum absolute atomic E-state index is 0.00165. The van der Waals surface area contributed by atoms with Gasteiger partial charge in [0.1, 0.15) is 11.8 Å². The molecular formula is C14H17N3O2. The number of carbonyl (C=O) groups excluding carboxylic acids is 1. The highest BCUT2D eigenvalue weighted by Gasteiger charge is 2.25. The van der Waals surface area contributed by atoms with Gasteiger partial charge < -0.3 is 15.0 Å². The maximum atomic E-state index is 12.2. The maximum Gasteiger partial charge on any atom is 0.228 e. The van der Waals surface area contributed by atoms with Crippen LogP contribution in [0.1, 0.15) is 5.56 Å². The zero-order valence-electron chi connectivity index (χ0n) is 10.9. The summed E-state index contributed by atoms with van der Waals surface area (Å²) in [5, 5.41) is 12.2. The molecule has 1 aromatic carbocycles. The summed E-state index contributed by atoms with van der Waals surface area (Å²) in [5.74, 6) is 0.770. The minimum atomic E-state index is -0.362. The van der Waals surface area contributed by atoms with Crippen molar-refractivity contribution in [3.05, 3.63) is 29.8 Å². The van der Waals surface area contributed by atoms with Gasteiger partial charge in [0.2, 0.25) is 5.91 Å². The van der Waals surface area contributed by atoms with Gasteiger partial charge >= 0.3 is 0 Å². The summed E-state index contributed by atoms with van der Waals surface area (Å²) in [5.41, 5.74) is 0.932. The Morgan fingerprint density at radius 2 is 2.26 bits per heavy atom. The third kappa shape index (κ3) is 3.24. The molecule has 1 aliphatic rings. The van der Waals surface area contributed by atoms with Crippen LogP contribution in [-0.2, 0) is 11.2 Å². The molecule has 0 aliphatic carbocycles. The molecule has 0 spiro atoms. The predicted molar refractivity (Wildman–Crippen MR) is 70.7 cm³/mol. The summed E-state index contributed by atoms with van der Waals surface area (Å²) in [7, 11) is 1.61. The average Bonchev–Trinajstić information content (AvgIpc) is 2.48. The summed E-state index contributed by atoms with van der Waals surface area (Å²) in [6.45, 7) is 1.88. The molecule has 5 heteroatoms. The van der Waals surface area contributed by atoms with Crippen LogP contribution in [0.25, 0.3) is 0 Å². The van der Waals surface area contributed by atoms with Crippen LogP contribution in [0, 0.1) is 11.3 Å². The van der Waals surface area contributed by atoms with Crippen molar-refractivity contribution in [3.63, 3.8) is 0 Å². The Morgan fingerprint density at radius 1 is 1.53 bits per heavy atom. The van der Waals surface area contributed by atoms with E-state index in [4.69, 9.17) is 10.00 Å². The van der Waals surface area contributed by atoms with Crippen LogP contribution in [0.3, 0.4) is 0 Å². The average molecular weight is 259 g/mol. The molecule has 1 atom stereocenters. The lowest BCUT2D eigenvalue weighted by Crippen LogP contribution is -2.53. The summed E-state index contributed by atoms with van der Waals surface area (Å²) in [4.78, 5) is 13.9. The van der Waals surface area contributed by atoms with E-state index >= 15 is 0 Å². The van der Waals surface area contributed by atoms with Crippen molar-refractivity contribution in [1.29, 1.82) is 5.26 Å².